The van der Waals surface area contributed by atoms with Gasteiger partial charge in [-0.15, -0.1) is 11.3 Å². The molecule has 1 atom stereocenters. The van der Waals surface area contributed by atoms with E-state index in [1.54, 1.807) is 11.3 Å². The summed E-state index contributed by atoms with van der Waals surface area (Å²) >= 11 is 1.59. The lowest BCUT2D eigenvalue weighted by Crippen LogP contribution is -2.40. The van der Waals surface area contributed by atoms with Crippen molar-refractivity contribution in [3.05, 3.63) is 53.2 Å². The maximum atomic E-state index is 12.6. The second-order valence-corrected chi connectivity index (χ2v) is 7.87. The molecule has 1 aliphatic heterocycles. The zero-order valence-electron chi connectivity index (χ0n) is 15.2. The molecule has 0 aliphatic carbocycles. The van der Waals surface area contributed by atoms with Gasteiger partial charge in [-0.2, -0.15) is 4.98 Å². The van der Waals surface area contributed by atoms with E-state index in [1.807, 2.05) is 48.7 Å². The Labute approximate surface area is 162 Å². The van der Waals surface area contributed by atoms with Gasteiger partial charge in [-0.05, 0) is 55.5 Å². The molecule has 27 heavy (non-hydrogen) atoms. The van der Waals surface area contributed by atoms with Crippen molar-refractivity contribution < 1.29 is 9.32 Å². The molecule has 0 bridgehead atoms. The van der Waals surface area contributed by atoms with E-state index >= 15 is 0 Å². The minimum absolute atomic E-state index is 0.0287. The lowest BCUT2D eigenvalue weighted by molar-refractivity contribution is -0.121. The van der Waals surface area contributed by atoms with Crippen LogP contribution in [-0.4, -0.2) is 34.0 Å². The SMILES string of the molecule is Cc1cccc(NC(=O)C2CCCN(Cc3nc(-c4cccs4)no3)C2)c1. The van der Waals surface area contributed by atoms with Crippen molar-refractivity contribution in [3.63, 3.8) is 0 Å². The Kier molecular flexibility index (Phi) is 5.31. The summed E-state index contributed by atoms with van der Waals surface area (Å²) in [5.74, 6) is 1.28. The van der Waals surface area contributed by atoms with Crippen LogP contribution in [-0.2, 0) is 11.3 Å². The first-order valence-electron chi connectivity index (χ1n) is 9.14. The van der Waals surface area contributed by atoms with Gasteiger partial charge in [-0.25, -0.2) is 0 Å². The number of carbonyl (C=O) groups excluding carboxylic acids is 1. The molecule has 140 valence electrons. The van der Waals surface area contributed by atoms with Crippen LogP contribution in [0.25, 0.3) is 10.7 Å². The van der Waals surface area contributed by atoms with Crippen LogP contribution in [0.2, 0.25) is 0 Å². The highest BCUT2D eigenvalue weighted by Gasteiger charge is 2.27. The first-order valence-corrected chi connectivity index (χ1v) is 10.0. The predicted molar refractivity (Wildman–Crippen MR) is 105 cm³/mol. The van der Waals surface area contributed by atoms with Gasteiger partial charge in [0, 0.05) is 12.2 Å². The quantitative estimate of drug-likeness (QED) is 0.723. The number of piperidine rings is 1. The molecule has 3 aromatic rings. The fourth-order valence-electron chi connectivity index (χ4n) is 3.40. The highest BCUT2D eigenvalue weighted by Crippen LogP contribution is 2.23. The summed E-state index contributed by atoms with van der Waals surface area (Å²) in [5.41, 5.74) is 1.99. The standard InChI is InChI=1S/C20H22N4O2S/c1-14-5-2-7-16(11-14)21-20(25)15-6-3-9-24(12-15)13-18-22-19(23-26-18)17-8-4-10-27-17/h2,4-5,7-8,10-11,15H,3,6,9,12-13H2,1H3,(H,21,25). The molecule has 0 spiro atoms. The van der Waals surface area contributed by atoms with Crippen molar-refractivity contribution in [2.75, 3.05) is 18.4 Å². The Morgan fingerprint density at radius 3 is 3.11 bits per heavy atom. The number of likely N-dealkylation sites (tertiary alicyclic amines) is 1. The lowest BCUT2D eigenvalue weighted by atomic mass is 9.97. The third kappa shape index (κ3) is 4.43. The Morgan fingerprint density at radius 2 is 2.30 bits per heavy atom. The van der Waals surface area contributed by atoms with Gasteiger partial charge in [-0.3, -0.25) is 9.69 Å². The Balaban J connectivity index is 1.36. The van der Waals surface area contributed by atoms with Crippen LogP contribution in [0.3, 0.4) is 0 Å². The molecule has 6 nitrogen and oxygen atoms in total. The number of thiophene rings is 1. The van der Waals surface area contributed by atoms with Crippen LogP contribution < -0.4 is 5.32 Å². The van der Waals surface area contributed by atoms with E-state index in [1.165, 1.54) is 0 Å². The van der Waals surface area contributed by atoms with Crippen LogP contribution in [0.5, 0.6) is 0 Å². The molecular weight excluding hydrogens is 360 g/mol. The number of nitrogens with zero attached hydrogens (tertiary/aromatic N) is 3. The van der Waals surface area contributed by atoms with Crippen molar-refractivity contribution >= 4 is 22.9 Å². The number of anilines is 1. The molecule has 4 rings (SSSR count). The predicted octanol–water partition coefficient (Wildman–Crippen LogP) is 3.96. The van der Waals surface area contributed by atoms with Gasteiger partial charge in [0.25, 0.3) is 0 Å². The van der Waals surface area contributed by atoms with Crippen LogP contribution in [0.4, 0.5) is 5.69 Å². The number of carbonyl (C=O) groups is 1. The molecule has 1 fully saturated rings. The van der Waals surface area contributed by atoms with Crippen LogP contribution in [0.1, 0.15) is 24.3 Å². The van der Waals surface area contributed by atoms with Gasteiger partial charge >= 0.3 is 0 Å². The fourth-order valence-corrected chi connectivity index (χ4v) is 4.05. The fraction of sp³-hybridized carbons (Fsp3) is 0.350. The molecule has 1 unspecified atom stereocenters. The number of nitrogens with one attached hydrogen (secondary N) is 1. The number of hydrogen-bond donors (Lipinski definition) is 1. The number of aryl methyl sites for hydroxylation is 1. The van der Waals surface area contributed by atoms with Gasteiger partial charge in [0.15, 0.2) is 0 Å². The maximum absolute atomic E-state index is 12.6. The maximum Gasteiger partial charge on any atom is 0.241 e. The van der Waals surface area contributed by atoms with Crippen molar-refractivity contribution in [2.45, 2.75) is 26.3 Å². The van der Waals surface area contributed by atoms with E-state index in [0.29, 0.717) is 24.8 Å². The van der Waals surface area contributed by atoms with Gasteiger partial charge in [0.1, 0.15) is 0 Å². The Hall–Kier alpha value is -2.51. The van der Waals surface area contributed by atoms with Crippen LogP contribution >= 0.6 is 11.3 Å². The zero-order valence-corrected chi connectivity index (χ0v) is 16.0. The van der Waals surface area contributed by atoms with Crippen molar-refractivity contribution in [1.29, 1.82) is 0 Å². The van der Waals surface area contributed by atoms with Gasteiger partial charge in [-0.1, -0.05) is 23.4 Å². The Morgan fingerprint density at radius 1 is 1.37 bits per heavy atom. The number of hydrogen-bond acceptors (Lipinski definition) is 6. The second-order valence-electron chi connectivity index (χ2n) is 6.92. The number of rotatable bonds is 5. The monoisotopic (exact) mass is 382 g/mol. The molecule has 1 saturated heterocycles. The molecule has 1 amide bonds. The van der Waals surface area contributed by atoms with E-state index in [0.717, 1.165) is 35.5 Å². The normalized spacial score (nSPS) is 17.7. The summed E-state index contributed by atoms with van der Waals surface area (Å²) < 4.78 is 5.40. The minimum Gasteiger partial charge on any atom is -0.338 e. The molecule has 7 heteroatoms. The number of aromatic nitrogens is 2. The third-order valence-electron chi connectivity index (χ3n) is 4.73. The van der Waals surface area contributed by atoms with Gasteiger partial charge in [0.05, 0.1) is 17.3 Å². The lowest BCUT2D eigenvalue weighted by Gasteiger charge is -2.30. The summed E-state index contributed by atoms with van der Waals surface area (Å²) in [6, 6.07) is 11.8. The minimum atomic E-state index is -0.0287. The molecule has 0 saturated carbocycles. The highest BCUT2D eigenvalue weighted by molar-refractivity contribution is 7.13. The zero-order chi connectivity index (χ0) is 18.6. The third-order valence-corrected chi connectivity index (χ3v) is 5.60. The number of amides is 1. The Bertz CT molecular complexity index is 906. The summed E-state index contributed by atoms with van der Waals surface area (Å²) in [6.45, 7) is 4.23. The smallest absolute Gasteiger partial charge is 0.241 e. The van der Waals surface area contributed by atoms with E-state index < -0.39 is 0 Å². The molecular formula is C20H22N4O2S. The van der Waals surface area contributed by atoms with Crippen LogP contribution in [0, 0.1) is 12.8 Å². The molecule has 1 aliphatic rings. The van der Waals surface area contributed by atoms with Crippen LogP contribution in [0.15, 0.2) is 46.3 Å². The summed E-state index contributed by atoms with van der Waals surface area (Å²) in [6.07, 6.45) is 1.89. The molecule has 0 radical (unpaired) electrons. The van der Waals surface area contributed by atoms with E-state index in [4.69, 9.17) is 4.52 Å². The number of benzene rings is 1. The van der Waals surface area contributed by atoms with Gasteiger partial charge < -0.3 is 9.84 Å². The summed E-state index contributed by atoms with van der Waals surface area (Å²) in [5, 5.41) is 9.10. The van der Waals surface area contributed by atoms with E-state index in [9.17, 15) is 4.79 Å². The van der Waals surface area contributed by atoms with E-state index in [2.05, 4.69) is 20.4 Å². The average molecular weight is 382 g/mol. The topological polar surface area (TPSA) is 71.3 Å². The summed E-state index contributed by atoms with van der Waals surface area (Å²) in [7, 11) is 0. The highest BCUT2D eigenvalue weighted by atomic mass is 32.1. The second kappa shape index (κ2) is 8.02. The first kappa shape index (κ1) is 17.9. The van der Waals surface area contributed by atoms with Crippen molar-refractivity contribution in [3.8, 4) is 10.7 Å². The largest absolute Gasteiger partial charge is 0.338 e. The first-order chi connectivity index (χ1) is 13.2. The van der Waals surface area contributed by atoms with Gasteiger partial charge in [0.2, 0.25) is 17.6 Å². The molecule has 1 aromatic carbocycles. The summed E-state index contributed by atoms with van der Waals surface area (Å²) in [4.78, 5) is 20.4. The van der Waals surface area contributed by atoms with Crippen molar-refractivity contribution in [1.82, 2.24) is 15.0 Å². The molecule has 3 heterocycles. The van der Waals surface area contributed by atoms with Crippen molar-refractivity contribution in [2.24, 2.45) is 5.92 Å². The molecule has 2 aromatic heterocycles. The average Bonchev–Trinajstić information content (AvgIpc) is 3.33. The molecule has 1 N–H and O–H groups in total. The van der Waals surface area contributed by atoms with E-state index in [-0.39, 0.29) is 11.8 Å².